The standard InChI is InChI=1S/C37H44N2O6/c1-4-8-24(19-28-16-17-29(21-40)45-28)11-18-33(42)34-30(23(2)3)20-31-35(32(34)22-41)37(44)39(36(31)43)27-14-12-26(13-15-27)38-25-9-6-5-7-10-25/h5-7,9-10,12-17,19,23,31-33,35,38,40-42H,4,8,11,18,20-22H2,1-3H3/b24-19+/t31-,32+,33-,35-/m1/s1. The number of allylic oxidation sites excluding steroid dienone is 2. The Bertz CT molecular complexity index is 1540. The van der Waals surface area contributed by atoms with Gasteiger partial charge in [0.25, 0.3) is 0 Å². The lowest BCUT2D eigenvalue weighted by Gasteiger charge is -2.38. The number of rotatable bonds is 13. The molecule has 4 N–H and O–H groups in total. The van der Waals surface area contributed by atoms with Gasteiger partial charge in [0.05, 0.1) is 30.2 Å². The minimum atomic E-state index is -0.870. The Kier molecular flexibility index (Phi) is 10.4. The number of benzene rings is 2. The van der Waals surface area contributed by atoms with Gasteiger partial charge in [-0.05, 0) is 91.8 Å². The first-order valence-corrected chi connectivity index (χ1v) is 16.0. The summed E-state index contributed by atoms with van der Waals surface area (Å²) in [5.41, 5.74) is 5.03. The lowest BCUT2D eigenvalue weighted by atomic mass is 9.66. The Hall–Kier alpha value is -3.98. The lowest BCUT2D eigenvalue weighted by Crippen LogP contribution is -2.39. The van der Waals surface area contributed by atoms with E-state index in [4.69, 9.17) is 4.42 Å². The number of nitrogens with zero attached hydrogens (tertiary/aromatic N) is 1. The van der Waals surface area contributed by atoms with E-state index in [2.05, 4.69) is 12.2 Å². The van der Waals surface area contributed by atoms with E-state index in [9.17, 15) is 24.9 Å². The highest BCUT2D eigenvalue weighted by Gasteiger charge is 2.55. The predicted molar refractivity (Wildman–Crippen MR) is 175 cm³/mol. The van der Waals surface area contributed by atoms with Crippen molar-refractivity contribution in [2.24, 2.45) is 23.7 Å². The maximum absolute atomic E-state index is 14.0. The zero-order valence-electron chi connectivity index (χ0n) is 26.3. The fourth-order valence-corrected chi connectivity index (χ4v) is 6.91. The van der Waals surface area contributed by atoms with E-state index in [0.717, 1.165) is 35.4 Å². The molecule has 2 heterocycles. The molecular weight excluding hydrogens is 568 g/mol. The normalized spacial score (nSPS) is 21.1. The van der Waals surface area contributed by atoms with Crippen LogP contribution >= 0.6 is 0 Å². The third kappa shape index (κ3) is 6.98. The summed E-state index contributed by atoms with van der Waals surface area (Å²) in [4.78, 5) is 29.0. The van der Waals surface area contributed by atoms with Gasteiger partial charge in [0.1, 0.15) is 18.1 Å². The second-order valence-electron chi connectivity index (χ2n) is 12.4. The molecule has 4 atom stereocenters. The largest absolute Gasteiger partial charge is 0.459 e. The van der Waals surface area contributed by atoms with Gasteiger partial charge in [-0.25, -0.2) is 0 Å². The molecule has 3 aromatic rings. The maximum Gasteiger partial charge on any atom is 0.238 e. The van der Waals surface area contributed by atoms with Crippen LogP contribution in [0.1, 0.15) is 64.4 Å². The molecule has 1 aromatic heterocycles. The summed E-state index contributed by atoms with van der Waals surface area (Å²) in [6.45, 7) is 5.67. The monoisotopic (exact) mass is 612 g/mol. The van der Waals surface area contributed by atoms with Crippen LogP contribution in [0, 0.1) is 23.7 Å². The molecule has 0 bridgehead atoms. The molecule has 1 aliphatic heterocycles. The zero-order chi connectivity index (χ0) is 32.1. The lowest BCUT2D eigenvalue weighted by molar-refractivity contribution is -0.123. The fourth-order valence-electron chi connectivity index (χ4n) is 6.91. The van der Waals surface area contributed by atoms with Crippen molar-refractivity contribution in [2.45, 2.75) is 65.6 Å². The highest BCUT2D eigenvalue weighted by Crippen LogP contribution is 2.49. The molecule has 1 saturated heterocycles. The van der Waals surface area contributed by atoms with Crippen LogP contribution in [0.4, 0.5) is 17.1 Å². The number of furan rings is 1. The first-order valence-electron chi connectivity index (χ1n) is 16.0. The summed E-state index contributed by atoms with van der Waals surface area (Å²) < 4.78 is 5.66. The summed E-state index contributed by atoms with van der Waals surface area (Å²) in [7, 11) is 0. The van der Waals surface area contributed by atoms with Gasteiger partial charge in [-0.3, -0.25) is 14.5 Å². The number of fused-ring (bicyclic) bond motifs is 1. The van der Waals surface area contributed by atoms with E-state index in [0.29, 0.717) is 42.0 Å². The number of para-hydroxylation sites is 1. The molecule has 1 fully saturated rings. The summed E-state index contributed by atoms with van der Waals surface area (Å²) in [5.74, 6) is -1.36. The molecule has 0 radical (unpaired) electrons. The van der Waals surface area contributed by atoms with E-state index in [1.54, 1.807) is 18.2 Å². The van der Waals surface area contributed by atoms with Crippen LogP contribution in [-0.4, -0.2) is 39.8 Å². The van der Waals surface area contributed by atoms with Crippen LogP contribution in [0.2, 0.25) is 0 Å². The molecule has 0 spiro atoms. The molecule has 2 aliphatic rings. The number of carbonyl (C=O) groups is 2. The number of anilines is 3. The van der Waals surface area contributed by atoms with Crippen molar-refractivity contribution in [3.8, 4) is 0 Å². The van der Waals surface area contributed by atoms with Crippen molar-refractivity contribution in [1.82, 2.24) is 0 Å². The zero-order valence-corrected chi connectivity index (χ0v) is 26.3. The van der Waals surface area contributed by atoms with Crippen molar-refractivity contribution < 1.29 is 29.3 Å². The third-order valence-electron chi connectivity index (χ3n) is 9.06. The van der Waals surface area contributed by atoms with Gasteiger partial charge in [0, 0.05) is 17.3 Å². The smallest absolute Gasteiger partial charge is 0.238 e. The molecule has 238 valence electrons. The van der Waals surface area contributed by atoms with E-state index >= 15 is 0 Å². The molecule has 2 aromatic carbocycles. The molecule has 5 rings (SSSR count). The fraction of sp³-hybridized carbons (Fsp3) is 0.405. The molecule has 1 aliphatic carbocycles. The first kappa shape index (κ1) is 32.4. The van der Waals surface area contributed by atoms with Crippen molar-refractivity contribution in [2.75, 3.05) is 16.8 Å². The number of imide groups is 1. The minimum absolute atomic E-state index is 0.0376. The van der Waals surface area contributed by atoms with Crippen LogP contribution < -0.4 is 10.2 Å². The van der Waals surface area contributed by atoms with E-state index in [-0.39, 0.29) is 30.9 Å². The minimum Gasteiger partial charge on any atom is -0.459 e. The Labute approximate surface area is 265 Å². The Morgan fingerprint density at radius 2 is 1.69 bits per heavy atom. The molecule has 45 heavy (non-hydrogen) atoms. The topological polar surface area (TPSA) is 123 Å². The van der Waals surface area contributed by atoms with Gasteiger partial charge in [0.2, 0.25) is 11.8 Å². The van der Waals surface area contributed by atoms with Gasteiger partial charge in [-0.2, -0.15) is 0 Å². The van der Waals surface area contributed by atoms with Crippen molar-refractivity contribution in [1.29, 1.82) is 0 Å². The van der Waals surface area contributed by atoms with Crippen LogP contribution in [0.3, 0.4) is 0 Å². The summed E-state index contributed by atoms with van der Waals surface area (Å²) in [5, 5.41) is 35.0. The van der Waals surface area contributed by atoms with E-state index < -0.39 is 23.9 Å². The molecule has 0 saturated carbocycles. The van der Waals surface area contributed by atoms with E-state index in [1.165, 1.54) is 4.90 Å². The number of amides is 2. The van der Waals surface area contributed by atoms with Gasteiger partial charge < -0.3 is 25.1 Å². The quantitative estimate of drug-likeness (QED) is 0.127. The third-order valence-corrected chi connectivity index (χ3v) is 9.06. The first-order chi connectivity index (χ1) is 21.7. The van der Waals surface area contributed by atoms with Gasteiger partial charge in [0.15, 0.2) is 0 Å². The summed E-state index contributed by atoms with van der Waals surface area (Å²) >= 11 is 0. The average molecular weight is 613 g/mol. The number of aliphatic hydroxyl groups excluding tert-OH is 3. The number of nitrogens with one attached hydrogen (secondary N) is 1. The van der Waals surface area contributed by atoms with Gasteiger partial charge in [-0.15, -0.1) is 0 Å². The molecule has 8 nitrogen and oxygen atoms in total. The Morgan fingerprint density at radius 1 is 0.978 bits per heavy atom. The number of hydrogen-bond acceptors (Lipinski definition) is 7. The van der Waals surface area contributed by atoms with Crippen LogP contribution in [0.5, 0.6) is 0 Å². The predicted octanol–water partition coefficient (Wildman–Crippen LogP) is 6.61. The van der Waals surface area contributed by atoms with Crippen molar-refractivity contribution in [3.05, 3.63) is 95.0 Å². The average Bonchev–Trinajstić information content (AvgIpc) is 3.60. The SMILES string of the molecule is CCC/C(=C\c1ccc(CO)o1)CC[C@@H](O)C1=C(C(C)C)C[C@H]2C(=O)N(c3ccc(Nc4ccccc4)cc3)C(=O)[C@H]2[C@H]1CO. The van der Waals surface area contributed by atoms with Crippen LogP contribution in [0.25, 0.3) is 6.08 Å². The van der Waals surface area contributed by atoms with E-state index in [1.807, 2.05) is 68.5 Å². The Balaban J connectivity index is 1.36. The summed E-state index contributed by atoms with van der Waals surface area (Å²) in [6.07, 6.45) is 4.25. The van der Waals surface area contributed by atoms with Crippen LogP contribution in [0.15, 0.2) is 87.9 Å². The maximum atomic E-state index is 14.0. The second kappa shape index (κ2) is 14.4. The second-order valence-corrected chi connectivity index (χ2v) is 12.4. The van der Waals surface area contributed by atoms with Crippen molar-refractivity contribution in [3.63, 3.8) is 0 Å². The van der Waals surface area contributed by atoms with Crippen LogP contribution in [-0.2, 0) is 16.2 Å². The number of hydrogen-bond donors (Lipinski definition) is 4. The van der Waals surface area contributed by atoms with Gasteiger partial charge >= 0.3 is 0 Å². The molecule has 8 heteroatoms. The Morgan fingerprint density at radius 3 is 2.31 bits per heavy atom. The van der Waals surface area contributed by atoms with Gasteiger partial charge in [-0.1, -0.05) is 56.5 Å². The highest BCUT2D eigenvalue weighted by atomic mass is 16.4. The summed E-state index contributed by atoms with van der Waals surface area (Å²) in [6, 6.07) is 20.5. The molecular formula is C37H44N2O6. The number of aliphatic hydroxyl groups is 3. The van der Waals surface area contributed by atoms with Crippen molar-refractivity contribution >= 4 is 35.0 Å². The number of carbonyl (C=O) groups excluding carboxylic acids is 2. The molecule has 2 amide bonds. The highest BCUT2D eigenvalue weighted by molar-refractivity contribution is 6.22. The molecule has 0 unspecified atom stereocenters.